The zero-order valence-electron chi connectivity index (χ0n) is 28.3. The van der Waals surface area contributed by atoms with Gasteiger partial charge in [-0.2, -0.15) is 11.8 Å². The van der Waals surface area contributed by atoms with Crippen LogP contribution >= 0.6 is 11.8 Å². The zero-order valence-corrected chi connectivity index (χ0v) is 29.1. The van der Waals surface area contributed by atoms with Gasteiger partial charge >= 0.3 is 6.09 Å². The van der Waals surface area contributed by atoms with Crippen LogP contribution in [0.3, 0.4) is 0 Å². The van der Waals surface area contributed by atoms with E-state index in [-0.39, 0.29) is 23.5 Å². The number of carboxylic acid groups (broad SMARTS) is 1. The summed E-state index contributed by atoms with van der Waals surface area (Å²) in [7, 11) is 0. The summed E-state index contributed by atoms with van der Waals surface area (Å²) >= 11 is 2.00. The van der Waals surface area contributed by atoms with Gasteiger partial charge in [-0.1, -0.05) is 30.3 Å². The van der Waals surface area contributed by atoms with Crippen LogP contribution in [0.5, 0.6) is 11.6 Å². The van der Waals surface area contributed by atoms with Crippen molar-refractivity contribution in [2.75, 3.05) is 37.7 Å². The lowest BCUT2D eigenvalue weighted by Crippen LogP contribution is -2.53. The average Bonchev–Trinajstić information content (AvgIpc) is 3.06. The molecule has 2 atom stereocenters. The monoisotopic (exact) mass is 690 g/mol. The van der Waals surface area contributed by atoms with E-state index in [4.69, 9.17) is 9.84 Å². The fraction of sp³-hybridized carbons (Fsp3) is 0.486. The number of halogens is 1. The van der Waals surface area contributed by atoms with E-state index in [1.807, 2.05) is 30.0 Å². The molecule has 2 aromatic carbocycles. The number of hydrogen-bond acceptors (Lipinski definition) is 8. The van der Waals surface area contributed by atoms with Crippen molar-refractivity contribution >= 4 is 23.8 Å². The van der Waals surface area contributed by atoms with Gasteiger partial charge in [0.2, 0.25) is 5.88 Å². The largest absolute Gasteiger partial charge is 0.465 e. The molecular weight excluding hydrogens is 644 g/mol. The van der Waals surface area contributed by atoms with Gasteiger partial charge in [-0.25, -0.2) is 14.2 Å². The minimum Gasteiger partial charge on any atom is -0.465 e. The molecule has 3 aliphatic rings. The van der Waals surface area contributed by atoms with Crippen LogP contribution in [0.15, 0.2) is 54.7 Å². The van der Waals surface area contributed by atoms with E-state index in [0.717, 1.165) is 74.2 Å². The molecule has 1 aromatic heterocycles. The Bertz CT molecular complexity index is 1600. The Morgan fingerprint density at radius 2 is 1.67 bits per heavy atom. The fourth-order valence-corrected chi connectivity index (χ4v) is 8.29. The number of hydrogen-bond donors (Lipinski definition) is 4. The third-order valence-corrected chi connectivity index (χ3v) is 10.5. The standard InChI is InChI=1S/C37H47FN6O4S/c1-24-20-44(21-25(2)40-24)22-26-6-11-33(28(16-26)23-43-12-14-49-15-13-43)27-4-3-5-32(17-27)48-36-34(18-29(38)19-39-36)35(45)41-30-7-9-31(10-8-30)42-37(46)47/h3-6,11,16-19,24-25,30-31,40,42H,7-10,12-15,20-23H2,1-2H3,(H,41,45)(H,46,47)/t24-,25+,30?,31?. The second-order valence-corrected chi connectivity index (χ2v) is 14.9. The summed E-state index contributed by atoms with van der Waals surface area (Å²) in [5, 5.41) is 18.1. The highest BCUT2D eigenvalue weighted by Gasteiger charge is 2.26. The first-order valence-electron chi connectivity index (χ1n) is 17.3. The van der Waals surface area contributed by atoms with Crippen molar-refractivity contribution in [3.05, 3.63) is 77.2 Å². The van der Waals surface area contributed by atoms with E-state index in [1.54, 1.807) is 0 Å². The van der Waals surface area contributed by atoms with Gasteiger partial charge in [-0.05, 0) is 80.0 Å². The Hall–Kier alpha value is -3.71. The molecule has 0 unspecified atom stereocenters. The predicted molar refractivity (Wildman–Crippen MR) is 191 cm³/mol. The number of pyridine rings is 1. The van der Waals surface area contributed by atoms with E-state index in [2.05, 4.69) is 68.8 Å². The zero-order chi connectivity index (χ0) is 34.3. The van der Waals surface area contributed by atoms with Gasteiger partial charge in [-0.3, -0.25) is 14.6 Å². The Balaban J connectivity index is 1.20. The van der Waals surface area contributed by atoms with Crippen molar-refractivity contribution in [1.82, 2.24) is 30.7 Å². The van der Waals surface area contributed by atoms with Crippen LogP contribution < -0.4 is 20.7 Å². The van der Waals surface area contributed by atoms with Crippen molar-refractivity contribution < 1.29 is 23.8 Å². The number of rotatable bonds is 10. The molecule has 1 saturated carbocycles. The first kappa shape index (κ1) is 35.1. The average molecular weight is 691 g/mol. The Morgan fingerprint density at radius 1 is 0.959 bits per heavy atom. The van der Waals surface area contributed by atoms with Crippen LogP contribution in [-0.2, 0) is 13.1 Å². The van der Waals surface area contributed by atoms with Gasteiger partial charge in [-0.15, -0.1) is 0 Å². The highest BCUT2D eigenvalue weighted by Crippen LogP contribution is 2.32. The number of nitrogens with one attached hydrogen (secondary N) is 3. The molecule has 2 amide bonds. The second kappa shape index (κ2) is 16.3. The summed E-state index contributed by atoms with van der Waals surface area (Å²) in [6, 6.07) is 16.3. The molecule has 0 spiro atoms. The van der Waals surface area contributed by atoms with Gasteiger partial charge in [0.1, 0.15) is 17.1 Å². The van der Waals surface area contributed by atoms with Gasteiger partial charge in [0.05, 0.1) is 6.20 Å². The van der Waals surface area contributed by atoms with E-state index in [1.165, 1.54) is 11.1 Å². The minimum absolute atomic E-state index is 0.0146. The van der Waals surface area contributed by atoms with Crippen molar-refractivity contribution in [3.8, 4) is 22.8 Å². The summed E-state index contributed by atoms with van der Waals surface area (Å²) < 4.78 is 20.6. The molecule has 2 aliphatic heterocycles. The Morgan fingerprint density at radius 3 is 2.39 bits per heavy atom. The maximum absolute atomic E-state index is 14.4. The molecular formula is C37H47FN6O4S. The van der Waals surface area contributed by atoms with Crippen molar-refractivity contribution in [1.29, 1.82) is 0 Å². The summed E-state index contributed by atoms with van der Waals surface area (Å²) in [6.07, 6.45) is 2.46. The number of carbonyl (C=O) groups is 2. The van der Waals surface area contributed by atoms with Crippen molar-refractivity contribution in [2.45, 2.75) is 76.8 Å². The molecule has 6 rings (SSSR count). The van der Waals surface area contributed by atoms with Crippen LogP contribution in [0.25, 0.3) is 11.1 Å². The lowest BCUT2D eigenvalue weighted by atomic mass is 9.91. The number of ether oxygens (including phenoxy) is 1. The van der Waals surface area contributed by atoms with Crippen LogP contribution in [0.2, 0.25) is 0 Å². The number of amides is 2. The molecule has 10 nitrogen and oxygen atoms in total. The molecule has 262 valence electrons. The Kier molecular flexibility index (Phi) is 11.7. The van der Waals surface area contributed by atoms with E-state index in [0.29, 0.717) is 43.5 Å². The minimum atomic E-state index is -1.05. The van der Waals surface area contributed by atoms with E-state index >= 15 is 0 Å². The fourth-order valence-electron chi connectivity index (χ4n) is 7.31. The predicted octanol–water partition coefficient (Wildman–Crippen LogP) is 5.72. The molecule has 1 aliphatic carbocycles. The molecule has 2 saturated heterocycles. The SMILES string of the molecule is C[C@@H]1CN(Cc2ccc(-c3cccc(Oc4ncc(F)cc4C(=O)NC4CCC(NC(=O)O)CC4)c3)c(CN3CCSCC3)c2)C[C@H](C)N1. The molecule has 12 heteroatoms. The lowest BCUT2D eigenvalue weighted by molar-refractivity contribution is 0.0919. The van der Waals surface area contributed by atoms with Crippen LogP contribution in [0.1, 0.15) is 61.0 Å². The summed E-state index contributed by atoms with van der Waals surface area (Å²) in [5.74, 6) is 1.69. The van der Waals surface area contributed by atoms with Crippen LogP contribution in [0, 0.1) is 5.82 Å². The smallest absolute Gasteiger partial charge is 0.404 e. The molecule has 3 fully saturated rings. The van der Waals surface area contributed by atoms with E-state index < -0.39 is 17.8 Å². The quantitative estimate of drug-likeness (QED) is 0.212. The number of benzene rings is 2. The number of thioether (sulfide) groups is 1. The normalized spacial score (nSPS) is 23.5. The number of nitrogens with zero attached hydrogens (tertiary/aromatic N) is 3. The molecule has 49 heavy (non-hydrogen) atoms. The van der Waals surface area contributed by atoms with Crippen molar-refractivity contribution in [2.24, 2.45) is 0 Å². The number of piperazine rings is 1. The lowest BCUT2D eigenvalue weighted by Gasteiger charge is -2.36. The molecule has 0 bridgehead atoms. The summed E-state index contributed by atoms with van der Waals surface area (Å²) in [4.78, 5) is 33.5. The first-order chi connectivity index (χ1) is 23.7. The van der Waals surface area contributed by atoms with Gasteiger partial charge < -0.3 is 25.8 Å². The topological polar surface area (TPSA) is 119 Å². The molecule has 4 N–H and O–H groups in total. The Labute approximate surface area is 292 Å². The molecule has 3 heterocycles. The van der Waals surface area contributed by atoms with Gasteiger partial charge in [0.15, 0.2) is 0 Å². The maximum atomic E-state index is 14.4. The molecule has 3 aromatic rings. The first-order valence-corrected chi connectivity index (χ1v) is 18.5. The molecule has 0 radical (unpaired) electrons. The second-order valence-electron chi connectivity index (χ2n) is 13.7. The van der Waals surface area contributed by atoms with Gasteiger partial charge in [0.25, 0.3) is 5.91 Å². The van der Waals surface area contributed by atoms with Crippen molar-refractivity contribution in [3.63, 3.8) is 0 Å². The van der Waals surface area contributed by atoms with Crippen LogP contribution in [0.4, 0.5) is 9.18 Å². The van der Waals surface area contributed by atoms with E-state index in [9.17, 15) is 14.0 Å². The third kappa shape index (κ3) is 9.72. The van der Waals surface area contributed by atoms with Gasteiger partial charge in [0, 0.05) is 74.9 Å². The summed E-state index contributed by atoms with van der Waals surface area (Å²) in [5.41, 5.74) is 4.71. The van der Waals surface area contributed by atoms with Crippen LogP contribution in [-0.4, -0.2) is 93.7 Å². The maximum Gasteiger partial charge on any atom is 0.404 e. The highest BCUT2D eigenvalue weighted by atomic mass is 32.2. The number of aromatic nitrogens is 1. The number of carbonyl (C=O) groups excluding carboxylic acids is 1. The highest BCUT2D eigenvalue weighted by molar-refractivity contribution is 7.99. The summed E-state index contributed by atoms with van der Waals surface area (Å²) in [6.45, 7) is 10.4. The third-order valence-electron chi connectivity index (χ3n) is 9.52.